The van der Waals surface area contributed by atoms with Gasteiger partial charge in [0.2, 0.25) is 0 Å². The van der Waals surface area contributed by atoms with Crippen LogP contribution in [-0.2, 0) is 0 Å². The molecule has 1 unspecified atom stereocenters. The fraction of sp³-hybridized carbons (Fsp3) is 1.00. The second kappa shape index (κ2) is 9.78. The Hall–Kier alpha value is -0.160. The molecular formula is C17H38N4. The van der Waals surface area contributed by atoms with E-state index in [4.69, 9.17) is 0 Å². The first kappa shape index (κ1) is 18.9. The van der Waals surface area contributed by atoms with E-state index < -0.39 is 0 Å². The largest absolute Gasteiger partial charge is 0.316 e. The Bertz CT molecular complexity index is 262. The third kappa shape index (κ3) is 7.59. The van der Waals surface area contributed by atoms with E-state index in [-0.39, 0.29) is 0 Å². The first-order chi connectivity index (χ1) is 9.99. The molecule has 1 heterocycles. The third-order valence-corrected chi connectivity index (χ3v) is 4.77. The van der Waals surface area contributed by atoms with Crippen molar-refractivity contribution in [1.82, 2.24) is 20.0 Å². The fourth-order valence-corrected chi connectivity index (χ4v) is 2.91. The Balaban J connectivity index is 2.29. The molecule has 0 radical (unpaired) electrons. The maximum atomic E-state index is 3.62. The smallest absolute Gasteiger partial charge is 0.0110 e. The van der Waals surface area contributed by atoms with Gasteiger partial charge in [-0.25, -0.2) is 0 Å². The van der Waals surface area contributed by atoms with E-state index in [1.807, 2.05) is 0 Å². The van der Waals surface area contributed by atoms with E-state index in [1.165, 1.54) is 58.7 Å². The zero-order valence-corrected chi connectivity index (χ0v) is 15.1. The van der Waals surface area contributed by atoms with Crippen LogP contribution in [0.25, 0.3) is 0 Å². The number of nitrogens with one attached hydrogen (secondary N) is 1. The second-order valence-corrected chi connectivity index (χ2v) is 7.26. The molecule has 4 heteroatoms. The van der Waals surface area contributed by atoms with Crippen LogP contribution in [-0.4, -0.2) is 87.7 Å². The minimum Gasteiger partial charge on any atom is -0.316 e. The molecule has 0 saturated carbocycles. The molecule has 1 saturated heterocycles. The topological polar surface area (TPSA) is 21.8 Å². The van der Waals surface area contributed by atoms with Crippen molar-refractivity contribution in [3.8, 4) is 0 Å². The van der Waals surface area contributed by atoms with Crippen molar-refractivity contribution in [2.45, 2.75) is 33.6 Å². The molecule has 0 aromatic heterocycles. The molecule has 1 fully saturated rings. The summed E-state index contributed by atoms with van der Waals surface area (Å²) in [5.74, 6) is 0. The SMILES string of the molecule is CCCNCC(C)(CC)CN1CCN(CCN(C)C)CC1. The maximum Gasteiger partial charge on any atom is 0.0110 e. The van der Waals surface area contributed by atoms with E-state index in [2.05, 4.69) is 54.9 Å². The highest BCUT2D eigenvalue weighted by molar-refractivity contribution is 4.82. The molecule has 0 spiro atoms. The summed E-state index contributed by atoms with van der Waals surface area (Å²) in [5, 5.41) is 3.62. The highest BCUT2D eigenvalue weighted by Crippen LogP contribution is 2.22. The van der Waals surface area contributed by atoms with Crippen LogP contribution in [0.1, 0.15) is 33.6 Å². The lowest BCUT2D eigenvalue weighted by molar-refractivity contribution is 0.0849. The predicted octanol–water partition coefficient (Wildman–Crippen LogP) is 1.58. The summed E-state index contributed by atoms with van der Waals surface area (Å²) in [5.41, 5.74) is 0.418. The van der Waals surface area contributed by atoms with Crippen LogP contribution in [0, 0.1) is 5.41 Å². The van der Waals surface area contributed by atoms with Crippen molar-refractivity contribution in [2.24, 2.45) is 5.41 Å². The summed E-state index contributed by atoms with van der Waals surface area (Å²) >= 11 is 0. The third-order valence-electron chi connectivity index (χ3n) is 4.77. The minimum absolute atomic E-state index is 0.418. The standard InChI is InChI=1S/C17H38N4/c1-6-8-18-15-17(3,7-2)16-21-13-11-20(12-14-21)10-9-19(4)5/h18H,6-16H2,1-5H3. The van der Waals surface area contributed by atoms with Crippen LogP contribution in [0.3, 0.4) is 0 Å². The fourth-order valence-electron chi connectivity index (χ4n) is 2.91. The van der Waals surface area contributed by atoms with Gasteiger partial charge in [0.15, 0.2) is 0 Å². The zero-order chi connectivity index (χ0) is 15.7. The number of hydrogen-bond donors (Lipinski definition) is 1. The summed E-state index contributed by atoms with van der Waals surface area (Å²) in [7, 11) is 4.32. The quantitative estimate of drug-likeness (QED) is 0.618. The Labute approximate surface area is 132 Å². The average molecular weight is 299 g/mol. The minimum atomic E-state index is 0.418. The van der Waals surface area contributed by atoms with Gasteiger partial charge in [-0.15, -0.1) is 0 Å². The highest BCUT2D eigenvalue weighted by atomic mass is 15.3. The predicted molar refractivity (Wildman–Crippen MR) is 93.0 cm³/mol. The van der Waals surface area contributed by atoms with Gasteiger partial charge in [0.25, 0.3) is 0 Å². The molecule has 1 aliphatic heterocycles. The Kier molecular flexibility index (Phi) is 8.79. The van der Waals surface area contributed by atoms with Gasteiger partial charge in [0, 0.05) is 52.4 Å². The average Bonchev–Trinajstić information content (AvgIpc) is 2.47. The van der Waals surface area contributed by atoms with Crippen LogP contribution in [0.5, 0.6) is 0 Å². The van der Waals surface area contributed by atoms with Gasteiger partial charge in [-0.05, 0) is 38.9 Å². The molecule has 126 valence electrons. The molecule has 0 aromatic rings. The van der Waals surface area contributed by atoms with Gasteiger partial charge in [-0.3, -0.25) is 4.90 Å². The Morgan fingerprint density at radius 1 is 1.05 bits per heavy atom. The van der Waals surface area contributed by atoms with Crippen molar-refractivity contribution in [3.63, 3.8) is 0 Å². The van der Waals surface area contributed by atoms with E-state index in [9.17, 15) is 0 Å². The van der Waals surface area contributed by atoms with E-state index in [0.717, 1.165) is 13.1 Å². The van der Waals surface area contributed by atoms with Crippen LogP contribution in [0.15, 0.2) is 0 Å². The van der Waals surface area contributed by atoms with Crippen LogP contribution < -0.4 is 5.32 Å². The molecule has 0 aliphatic carbocycles. The molecule has 0 aromatic carbocycles. The van der Waals surface area contributed by atoms with Crippen molar-refractivity contribution >= 4 is 0 Å². The monoisotopic (exact) mass is 298 g/mol. The van der Waals surface area contributed by atoms with Gasteiger partial charge in [-0.1, -0.05) is 20.8 Å². The molecule has 4 nitrogen and oxygen atoms in total. The number of nitrogens with zero attached hydrogens (tertiary/aromatic N) is 3. The molecule has 21 heavy (non-hydrogen) atoms. The van der Waals surface area contributed by atoms with Gasteiger partial charge < -0.3 is 15.1 Å². The van der Waals surface area contributed by atoms with E-state index >= 15 is 0 Å². The van der Waals surface area contributed by atoms with Gasteiger partial charge in [0.1, 0.15) is 0 Å². The summed E-state index contributed by atoms with van der Waals surface area (Å²) in [6.07, 6.45) is 2.48. The van der Waals surface area contributed by atoms with Crippen molar-refractivity contribution in [2.75, 3.05) is 73.0 Å². The lowest BCUT2D eigenvalue weighted by Gasteiger charge is -2.40. The highest BCUT2D eigenvalue weighted by Gasteiger charge is 2.27. The normalized spacial score (nSPS) is 20.9. The van der Waals surface area contributed by atoms with E-state index in [0.29, 0.717) is 5.41 Å². The number of piperazine rings is 1. The van der Waals surface area contributed by atoms with Crippen LogP contribution in [0.2, 0.25) is 0 Å². The van der Waals surface area contributed by atoms with Crippen LogP contribution >= 0.6 is 0 Å². The van der Waals surface area contributed by atoms with E-state index in [1.54, 1.807) is 0 Å². The molecular weight excluding hydrogens is 260 g/mol. The lowest BCUT2D eigenvalue weighted by atomic mass is 9.86. The van der Waals surface area contributed by atoms with Crippen molar-refractivity contribution < 1.29 is 0 Å². The summed E-state index contributed by atoms with van der Waals surface area (Å²) < 4.78 is 0. The summed E-state index contributed by atoms with van der Waals surface area (Å²) in [6.45, 7) is 17.9. The number of rotatable bonds is 10. The molecule has 1 atom stereocenters. The summed E-state index contributed by atoms with van der Waals surface area (Å²) in [6, 6.07) is 0. The zero-order valence-electron chi connectivity index (χ0n) is 15.1. The maximum absolute atomic E-state index is 3.62. The lowest BCUT2D eigenvalue weighted by Crippen LogP contribution is -2.51. The molecule has 0 amide bonds. The van der Waals surface area contributed by atoms with Gasteiger partial charge in [0.05, 0.1) is 0 Å². The van der Waals surface area contributed by atoms with Gasteiger partial charge in [-0.2, -0.15) is 0 Å². The summed E-state index contributed by atoms with van der Waals surface area (Å²) in [4.78, 5) is 7.55. The molecule has 1 N–H and O–H groups in total. The van der Waals surface area contributed by atoms with Crippen LogP contribution in [0.4, 0.5) is 0 Å². The number of likely N-dealkylation sites (N-methyl/N-ethyl adjacent to an activating group) is 1. The Morgan fingerprint density at radius 3 is 2.19 bits per heavy atom. The number of hydrogen-bond acceptors (Lipinski definition) is 4. The first-order valence-corrected chi connectivity index (χ1v) is 8.79. The van der Waals surface area contributed by atoms with Gasteiger partial charge >= 0.3 is 0 Å². The molecule has 0 bridgehead atoms. The second-order valence-electron chi connectivity index (χ2n) is 7.26. The van der Waals surface area contributed by atoms with Crippen molar-refractivity contribution in [1.29, 1.82) is 0 Å². The Morgan fingerprint density at radius 2 is 1.67 bits per heavy atom. The molecule has 1 aliphatic rings. The first-order valence-electron chi connectivity index (χ1n) is 8.79. The van der Waals surface area contributed by atoms with Crippen molar-refractivity contribution in [3.05, 3.63) is 0 Å². The molecule has 1 rings (SSSR count).